The molecule has 2 amide bonds. The molecular weight excluding hydrogens is 500 g/mol. The quantitative estimate of drug-likeness (QED) is 0.308. The van der Waals surface area contributed by atoms with Crippen LogP contribution in [-0.2, 0) is 11.3 Å². The number of piperidine rings is 1. The second-order valence-corrected chi connectivity index (χ2v) is 10.4. The third-order valence-corrected chi connectivity index (χ3v) is 7.62. The lowest BCUT2D eigenvalue weighted by Gasteiger charge is -2.32. The Hall–Kier alpha value is -4.09. The van der Waals surface area contributed by atoms with Crippen molar-refractivity contribution >= 4 is 45.8 Å². The third-order valence-electron chi connectivity index (χ3n) is 6.81. The van der Waals surface area contributed by atoms with Crippen LogP contribution >= 0.6 is 11.8 Å². The Kier molecular flexibility index (Phi) is 6.84. The summed E-state index contributed by atoms with van der Waals surface area (Å²) in [6.07, 6.45) is 9.07. The van der Waals surface area contributed by atoms with E-state index >= 15 is 0 Å². The highest BCUT2D eigenvalue weighted by Crippen LogP contribution is 2.27. The molecule has 4 aromatic rings. The highest BCUT2D eigenvalue weighted by Gasteiger charge is 2.26. The van der Waals surface area contributed by atoms with Gasteiger partial charge in [0.15, 0.2) is 0 Å². The minimum atomic E-state index is -0.384. The van der Waals surface area contributed by atoms with Crippen LogP contribution in [0.2, 0.25) is 0 Å². The van der Waals surface area contributed by atoms with E-state index in [9.17, 15) is 9.59 Å². The normalized spacial score (nSPS) is 17.5. The van der Waals surface area contributed by atoms with Gasteiger partial charge in [0, 0.05) is 43.0 Å². The summed E-state index contributed by atoms with van der Waals surface area (Å²) in [5.74, 6) is 0.809. The molecule has 0 unspecified atom stereocenters. The number of rotatable bonds is 7. The van der Waals surface area contributed by atoms with Gasteiger partial charge in [0.05, 0.1) is 28.0 Å². The number of aromatic amines is 1. The molecular formula is C27H26N8O2S. The van der Waals surface area contributed by atoms with Crippen molar-refractivity contribution in [1.82, 2.24) is 35.8 Å². The molecule has 2 aliphatic heterocycles. The van der Waals surface area contributed by atoms with E-state index in [1.54, 1.807) is 18.3 Å². The van der Waals surface area contributed by atoms with Crippen molar-refractivity contribution in [3.8, 4) is 11.3 Å². The minimum absolute atomic E-state index is 0.349. The van der Waals surface area contributed by atoms with Gasteiger partial charge < -0.3 is 10.2 Å². The summed E-state index contributed by atoms with van der Waals surface area (Å²) >= 11 is 0.889. The highest BCUT2D eigenvalue weighted by atomic mass is 32.2. The van der Waals surface area contributed by atoms with Gasteiger partial charge in [-0.25, -0.2) is 15.0 Å². The molecule has 38 heavy (non-hydrogen) atoms. The predicted octanol–water partition coefficient (Wildman–Crippen LogP) is 3.75. The molecule has 2 fully saturated rings. The van der Waals surface area contributed by atoms with Crippen LogP contribution in [0.15, 0.2) is 59.9 Å². The van der Waals surface area contributed by atoms with Crippen LogP contribution in [0.5, 0.6) is 0 Å². The molecule has 0 bridgehead atoms. The number of thioether (sulfide) groups is 1. The molecule has 6 rings (SSSR count). The number of nitrogens with one attached hydrogen (secondary N) is 3. The number of H-pyrrole nitrogens is 1. The highest BCUT2D eigenvalue weighted by molar-refractivity contribution is 8.18. The molecule has 0 aliphatic carbocycles. The molecule has 0 radical (unpaired) electrons. The Labute approximate surface area is 223 Å². The van der Waals surface area contributed by atoms with E-state index < -0.39 is 0 Å². The number of anilines is 1. The minimum Gasteiger partial charge on any atom is -0.341 e. The second-order valence-electron chi connectivity index (χ2n) is 9.37. The van der Waals surface area contributed by atoms with Crippen molar-refractivity contribution < 1.29 is 9.59 Å². The number of hydrogen-bond acceptors (Lipinski definition) is 9. The first kappa shape index (κ1) is 24.3. The Bertz CT molecular complexity index is 1510. The standard InChI is InChI=1S/C27H26N8O2S/c36-25-23(38-27(37)34-25)12-21-5-8-29-26(32-21)35-9-6-17(7-10-35)13-28-14-19-11-18-3-1-2-4-22(18)33-24(19)20-15-30-31-16-20/h1-5,8,11-12,15-17,28H,6-7,9-10,13-14H2,(H,30,31)(H,34,36,37)/b23-12+. The summed E-state index contributed by atoms with van der Waals surface area (Å²) in [7, 11) is 0. The summed E-state index contributed by atoms with van der Waals surface area (Å²) in [5.41, 5.74) is 4.67. The van der Waals surface area contributed by atoms with Crippen molar-refractivity contribution in [3.63, 3.8) is 0 Å². The van der Waals surface area contributed by atoms with E-state index in [0.29, 0.717) is 22.5 Å². The summed E-state index contributed by atoms with van der Waals surface area (Å²) in [6, 6.07) is 12.1. The second kappa shape index (κ2) is 10.7. The third kappa shape index (κ3) is 5.29. The Morgan fingerprint density at radius 1 is 1.13 bits per heavy atom. The molecule has 2 aliphatic rings. The first-order valence-electron chi connectivity index (χ1n) is 12.5. The molecule has 2 saturated heterocycles. The lowest BCUT2D eigenvalue weighted by Crippen LogP contribution is -2.38. The Morgan fingerprint density at radius 3 is 2.79 bits per heavy atom. The maximum absolute atomic E-state index is 11.8. The van der Waals surface area contributed by atoms with Crippen LogP contribution in [0, 0.1) is 5.92 Å². The number of carbonyl (C=O) groups excluding carboxylic acids is 2. The molecule has 3 N–H and O–H groups in total. The van der Waals surface area contributed by atoms with Crippen LogP contribution in [-0.4, -0.2) is 55.9 Å². The molecule has 10 nitrogen and oxygen atoms in total. The number of benzene rings is 1. The van der Waals surface area contributed by atoms with Crippen molar-refractivity contribution in [3.05, 3.63) is 71.2 Å². The number of carbonyl (C=O) groups is 2. The fourth-order valence-corrected chi connectivity index (χ4v) is 5.49. The molecule has 0 saturated carbocycles. The Balaban J connectivity index is 1.06. The van der Waals surface area contributed by atoms with Gasteiger partial charge in [0.25, 0.3) is 11.1 Å². The largest absolute Gasteiger partial charge is 0.341 e. The average Bonchev–Trinajstić information content (AvgIpc) is 3.58. The first-order chi connectivity index (χ1) is 18.6. The summed E-state index contributed by atoms with van der Waals surface area (Å²) in [4.78, 5) is 39.7. The summed E-state index contributed by atoms with van der Waals surface area (Å²) in [6.45, 7) is 3.36. The summed E-state index contributed by atoms with van der Waals surface area (Å²) < 4.78 is 0. The maximum Gasteiger partial charge on any atom is 0.290 e. The zero-order chi connectivity index (χ0) is 25.9. The van der Waals surface area contributed by atoms with E-state index in [1.807, 2.05) is 30.6 Å². The number of para-hydroxylation sites is 1. The first-order valence-corrected chi connectivity index (χ1v) is 13.4. The molecule has 3 aromatic heterocycles. The molecule has 192 valence electrons. The number of nitrogens with zero attached hydrogens (tertiary/aromatic N) is 5. The lowest BCUT2D eigenvalue weighted by atomic mass is 9.96. The monoisotopic (exact) mass is 526 g/mol. The van der Waals surface area contributed by atoms with Gasteiger partial charge in [-0.2, -0.15) is 5.10 Å². The molecule has 11 heteroatoms. The van der Waals surface area contributed by atoms with Crippen molar-refractivity contribution in [2.75, 3.05) is 24.5 Å². The fourth-order valence-electron chi connectivity index (χ4n) is 4.82. The van der Waals surface area contributed by atoms with E-state index in [0.717, 1.165) is 78.5 Å². The molecule has 0 atom stereocenters. The number of pyridine rings is 1. The van der Waals surface area contributed by atoms with Gasteiger partial charge in [-0.1, -0.05) is 18.2 Å². The number of fused-ring (bicyclic) bond motifs is 1. The van der Waals surface area contributed by atoms with Crippen molar-refractivity contribution in [2.24, 2.45) is 5.92 Å². The summed E-state index contributed by atoms with van der Waals surface area (Å²) in [5, 5.41) is 13.7. The maximum atomic E-state index is 11.8. The van der Waals surface area contributed by atoms with Gasteiger partial charge in [-0.15, -0.1) is 0 Å². The van der Waals surface area contributed by atoms with Gasteiger partial charge in [-0.05, 0) is 66.9 Å². The van der Waals surface area contributed by atoms with Crippen LogP contribution < -0.4 is 15.5 Å². The van der Waals surface area contributed by atoms with E-state index in [-0.39, 0.29) is 11.1 Å². The molecule has 1 aromatic carbocycles. The fraction of sp³-hybridized carbons (Fsp3) is 0.259. The number of amides is 2. The average molecular weight is 527 g/mol. The van der Waals surface area contributed by atoms with Crippen molar-refractivity contribution in [1.29, 1.82) is 0 Å². The zero-order valence-electron chi connectivity index (χ0n) is 20.6. The van der Waals surface area contributed by atoms with E-state index in [1.165, 1.54) is 0 Å². The number of imide groups is 1. The SMILES string of the molecule is O=C1NC(=O)/C(=C\c2ccnc(N3CCC(CNCc4cc5ccccc5nc4-c4cn[nH]c4)CC3)n2)S1. The van der Waals surface area contributed by atoms with Gasteiger partial charge in [-0.3, -0.25) is 20.0 Å². The van der Waals surface area contributed by atoms with Gasteiger partial charge in [0.1, 0.15) is 0 Å². The predicted molar refractivity (Wildman–Crippen MR) is 147 cm³/mol. The van der Waals surface area contributed by atoms with Gasteiger partial charge in [0.2, 0.25) is 5.95 Å². The van der Waals surface area contributed by atoms with E-state index in [2.05, 4.69) is 47.8 Å². The number of aromatic nitrogens is 5. The zero-order valence-corrected chi connectivity index (χ0v) is 21.4. The van der Waals surface area contributed by atoms with Crippen molar-refractivity contribution in [2.45, 2.75) is 19.4 Å². The van der Waals surface area contributed by atoms with Crippen LogP contribution in [0.1, 0.15) is 24.1 Å². The molecule has 5 heterocycles. The van der Waals surface area contributed by atoms with E-state index in [4.69, 9.17) is 4.98 Å². The van der Waals surface area contributed by atoms with Crippen LogP contribution in [0.4, 0.5) is 10.7 Å². The molecule has 0 spiro atoms. The Morgan fingerprint density at radius 2 is 2.00 bits per heavy atom. The van der Waals surface area contributed by atoms with Crippen LogP contribution in [0.25, 0.3) is 28.2 Å². The smallest absolute Gasteiger partial charge is 0.290 e. The lowest BCUT2D eigenvalue weighted by molar-refractivity contribution is -0.115. The topological polar surface area (TPSA) is 129 Å². The van der Waals surface area contributed by atoms with Gasteiger partial charge >= 0.3 is 0 Å². The number of hydrogen-bond donors (Lipinski definition) is 3. The van der Waals surface area contributed by atoms with Crippen LogP contribution in [0.3, 0.4) is 0 Å².